The molecule has 0 aliphatic heterocycles. The molecular formula is C10H8INO4. The van der Waals surface area contributed by atoms with Crippen molar-refractivity contribution in [2.75, 3.05) is 6.61 Å². The van der Waals surface area contributed by atoms with Gasteiger partial charge in [-0.15, -0.1) is 0 Å². The number of nitro groups is 1. The van der Waals surface area contributed by atoms with E-state index in [9.17, 15) is 14.9 Å². The molecule has 0 bridgehead atoms. The molecular weight excluding hydrogens is 325 g/mol. The van der Waals surface area contributed by atoms with Crippen molar-refractivity contribution in [2.24, 2.45) is 0 Å². The van der Waals surface area contributed by atoms with Gasteiger partial charge >= 0.3 is 3.98 Å². The smallest absolute Gasteiger partial charge is 0.367 e. The van der Waals surface area contributed by atoms with Crippen molar-refractivity contribution in [2.45, 2.75) is 0 Å². The standard InChI is InChI=1S/C10H8INO4/c11-10(13)16-7-1-2-8-3-5-9(6-4-8)12(14)15/h1-6H,7H2/b2-1+. The van der Waals surface area contributed by atoms with Crippen molar-refractivity contribution in [3.63, 3.8) is 0 Å². The SMILES string of the molecule is O=C(I)OC/C=C/c1ccc([N+](=O)[O-])cc1. The van der Waals surface area contributed by atoms with Crippen LogP contribution in [0, 0.1) is 10.1 Å². The molecule has 0 saturated heterocycles. The maximum Gasteiger partial charge on any atom is 0.367 e. The minimum Gasteiger partial charge on any atom is -0.454 e. The Hall–Kier alpha value is -1.44. The van der Waals surface area contributed by atoms with Crippen LogP contribution < -0.4 is 0 Å². The van der Waals surface area contributed by atoms with Crippen LogP contribution in [0.15, 0.2) is 30.3 Å². The molecule has 1 aromatic carbocycles. The fourth-order valence-electron chi connectivity index (χ4n) is 1.00. The fourth-order valence-corrected chi connectivity index (χ4v) is 1.18. The van der Waals surface area contributed by atoms with Crippen LogP contribution >= 0.6 is 22.6 Å². The average Bonchev–Trinajstić information content (AvgIpc) is 2.25. The van der Waals surface area contributed by atoms with Gasteiger partial charge in [-0.1, -0.05) is 6.08 Å². The van der Waals surface area contributed by atoms with Gasteiger partial charge in [0.05, 0.1) is 27.5 Å². The third kappa shape index (κ3) is 4.39. The van der Waals surface area contributed by atoms with E-state index in [-0.39, 0.29) is 16.3 Å². The summed E-state index contributed by atoms with van der Waals surface area (Å²) < 4.78 is 4.31. The molecule has 84 valence electrons. The third-order valence-corrected chi connectivity index (χ3v) is 2.02. The Kier molecular flexibility index (Phi) is 4.90. The normalized spacial score (nSPS) is 10.3. The molecule has 1 aromatic rings. The topological polar surface area (TPSA) is 69.4 Å². The Bertz CT molecular complexity index is 413. The van der Waals surface area contributed by atoms with Gasteiger partial charge in [0.15, 0.2) is 0 Å². The van der Waals surface area contributed by atoms with Crippen molar-refractivity contribution in [1.29, 1.82) is 0 Å². The summed E-state index contributed by atoms with van der Waals surface area (Å²) in [5, 5.41) is 10.4. The average molecular weight is 333 g/mol. The van der Waals surface area contributed by atoms with E-state index in [0.717, 1.165) is 5.56 Å². The lowest BCUT2D eigenvalue weighted by Gasteiger charge is -1.95. The number of carbonyl (C=O) groups is 1. The van der Waals surface area contributed by atoms with Crippen molar-refractivity contribution >= 4 is 38.3 Å². The summed E-state index contributed by atoms with van der Waals surface area (Å²) in [6.07, 6.45) is 3.39. The number of hydrogen-bond donors (Lipinski definition) is 0. The molecule has 0 aliphatic rings. The Morgan fingerprint density at radius 3 is 2.56 bits per heavy atom. The molecule has 0 radical (unpaired) electrons. The second-order valence-corrected chi connectivity index (χ2v) is 3.68. The van der Waals surface area contributed by atoms with E-state index in [1.54, 1.807) is 24.3 Å². The lowest BCUT2D eigenvalue weighted by Crippen LogP contribution is -1.91. The molecule has 0 saturated carbocycles. The quantitative estimate of drug-likeness (QED) is 0.367. The molecule has 5 nitrogen and oxygen atoms in total. The zero-order valence-electron chi connectivity index (χ0n) is 8.13. The highest BCUT2D eigenvalue weighted by molar-refractivity contribution is 14.1. The van der Waals surface area contributed by atoms with Gasteiger partial charge in [0.2, 0.25) is 0 Å². The highest BCUT2D eigenvalue weighted by Crippen LogP contribution is 2.12. The summed E-state index contributed by atoms with van der Waals surface area (Å²) in [6.45, 7) is 0.193. The number of halogens is 1. The number of ether oxygens (including phenoxy) is 1. The molecule has 0 amide bonds. The molecule has 0 spiro atoms. The van der Waals surface area contributed by atoms with Gasteiger partial charge in [-0.25, -0.2) is 4.79 Å². The van der Waals surface area contributed by atoms with E-state index in [1.807, 2.05) is 0 Å². The van der Waals surface area contributed by atoms with Crippen molar-refractivity contribution in [1.82, 2.24) is 0 Å². The van der Waals surface area contributed by atoms with Gasteiger partial charge in [0.1, 0.15) is 6.61 Å². The van der Waals surface area contributed by atoms with E-state index in [1.165, 1.54) is 34.7 Å². The molecule has 0 aliphatic carbocycles. The number of benzene rings is 1. The number of non-ortho nitro benzene ring substituents is 1. The van der Waals surface area contributed by atoms with Crippen molar-refractivity contribution in [3.05, 3.63) is 46.0 Å². The maximum atomic E-state index is 10.4. The molecule has 0 heterocycles. The summed E-state index contributed by atoms with van der Waals surface area (Å²) >= 11 is 1.54. The van der Waals surface area contributed by atoms with Gasteiger partial charge in [-0.2, -0.15) is 0 Å². The second-order valence-electron chi connectivity index (χ2n) is 2.80. The Labute approximate surface area is 105 Å². The Morgan fingerprint density at radius 2 is 2.06 bits per heavy atom. The minimum atomic E-state index is -0.453. The predicted octanol–water partition coefficient (Wildman–Crippen LogP) is 3.18. The van der Waals surface area contributed by atoms with Crippen LogP contribution in [-0.2, 0) is 4.74 Å². The molecule has 1 rings (SSSR count). The maximum absolute atomic E-state index is 10.4. The van der Waals surface area contributed by atoms with Gasteiger partial charge < -0.3 is 4.74 Å². The number of nitro benzene ring substituents is 1. The van der Waals surface area contributed by atoms with E-state index in [2.05, 4.69) is 4.74 Å². The number of rotatable bonds is 4. The first-order valence-electron chi connectivity index (χ1n) is 4.33. The van der Waals surface area contributed by atoms with E-state index in [0.29, 0.717) is 0 Å². The van der Waals surface area contributed by atoms with Crippen LogP contribution in [0.25, 0.3) is 6.08 Å². The summed E-state index contributed by atoms with van der Waals surface area (Å²) in [4.78, 5) is 20.4. The molecule has 0 unspecified atom stereocenters. The van der Waals surface area contributed by atoms with Crippen LogP contribution in [0.2, 0.25) is 0 Å². The molecule has 6 heteroatoms. The summed E-state index contributed by atoms with van der Waals surface area (Å²) in [5.41, 5.74) is 0.867. The highest BCUT2D eigenvalue weighted by atomic mass is 127. The third-order valence-electron chi connectivity index (χ3n) is 1.71. The van der Waals surface area contributed by atoms with Crippen molar-refractivity contribution in [3.8, 4) is 0 Å². The summed E-state index contributed by atoms with van der Waals surface area (Å²) in [6, 6.07) is 6.09. The number of nitrogens with zero attached hydrogens (tertiary/aromatic N) is 1. The Balaban J connectivity index is 2.55. The minimum absolute atomic E-state index is 0.0517. The monoisotopic (exact) mass is 333 g/mol. The van der Waals surface area contributed by atoms with Gasteiger partial charge in [-0.05, 0) is 23.8 Å². The predicted molar refractivity (Wildman–Crippen MR) is 67.5 cm³/mol. The lowest BCUT2D eigenvalue weighted by atomic mass is 10.2. The zero-order valence-corrected chi connectivity index (χ0v) is 10.3. The molecule has 0 aromatic heterocycles. The lowest BCUT2D eigenvalue weighted by molar-refractivity contribution is -0.384. The largest absolute Gasteiger partial charge is 0.454 e. The van der Waals surface area contributed by atoms with E-state index in [4.69, 9.17) is 0 Å². The summed E-state index contributed by atoms with van der Waals surface area (Å²) in [7, 11) is 0. The Morgan fingerprint density at radius 1 is 1.44 bits per heavy atom. The van der Waals surface area contributed by atoms with Crippen LogP contribution in [0.3, 0.4) is 0 Å². The second kappa shape index (κ2) is 6.21. The number of carbonyl (C=O) groups excluding carboxylic acids is 1. The van der Waals surface area contributed by atoms with Crippen LogP contribution in [0.4, 0.5) is 10.5 Å². The summed E-state index contributed by atoms with van der Waals surface area (Å²) in [5.74, 6) is 0. The van der Waals surface area contributed by atoms with Crippen LogP contribution in [0.5, 0.6) is 0 Å². The molecule has 16 heavy (non-hydrogen) atoms. The first kappa shape index (κ1) is 12.6. The van der Waals surface area contributed by atoms with Crippen molar-refractivity contribution < 1.29 is 14.5 Å². The van der Waals surface area contributed by atoms with E-state index >= 15 is 0 Å². The van der Waals surface area contributed by atoms with Gasteiger partial charge in [0, 0.05) is 12.1 Å². The van der Waals surface area contributed by atoms with Crippen LogP contribution in [0.1, 0.15) is 5.56 Å². The van der Waals surface area contributed by atoms with Crippen LogP contribution in [-0.4, -0.2) is 15.5 Å². The first-order chi connectivity index (χ1) is 7.59. The molecule has 0 atom stereocenters. The first-order valence-corrected chi connectivity index (χ1v) is 5.41. The fraction of sp³-hybridized carbons (Fsp3) is 0.100. The zero-order chi connectivity index (χ0) is 12.0. The molecule has 0 N–H and O–H groups in total. The highest BCUT2D eigenvalue weighted by Gasteiger charge is 2.01. The van der Waals surface area contributed by atoms with E-state index < -0.39 is 4.92 Å². The molecule has 0 fully saturated rings. The number of hydrogen-bond acceptors (Lipinski definition) is 4. The van der Waals surface area contributed by atoms with Gasteiger partial charge in [-0.3, -0.25) is 10.1 Å². The van der Waals surface area contributed by atoms with Gasteiger partial charge in [0.25, 0.3) is 5.69 Å².